The first-order valence-electron chi connectivity index (χ1n) is 4.21. The molecule has 0 atom stereocenters. The van der Waals surface area contributed by atoms with Gasteiger partial charge in [0.15, 0.2) is 11.5 Å². The first-order chi connectivity index (χ1) is 6.36. The monoisotopic (exact) mass is 241 g/mol. The van der Waals surface area contributed by atoms with Crippen LogP contribution in [0.3, 0.4) is 0 Å². The van der Waals surface area contributed by atoms with E-state index in [9.17, 15) is 0 Å². The van der Waals surface area contributed by atoms with Gasteiger partial charge < -0.3 is 14.8 Å². The van der Waals surface area contributed by atoms with Gasteiger partial charge in [-0.3, -0.25) is 0 Å². The molecule has 13 heavy (non-hydrogen) atoms. The van der Waals surface area contributed by atoms with Crippen LogP contribution in [-0.2, 0) is 6.42 Å². The lowest BCUT2D eigenvalue weighted by molar-refractivity contribution is 0.173. The van der Waals surface area contributed by atoms with Crippen molar-refractivity contribution >= 4 is 21.6 Å². The van der Waals surface area contributed by atoms with Crippen LogP contribution in [0, 0.1) is 0 Å². The third-order valence-electron chi connectivity index (χ3n) is 2.38. The zero-order valence-corrected chi connectivity index (χ0v) is 8.48. The highest BCUT2D eigenvalue weighted by molar-refractivity contribution is 9.10. The van der Waals surface area contributed by atoms with Crippen LogP contribution in [0.1, 0.15) is 5.56 Å². The maximum absolute atomic E-state index is 5.35. The Morgan fingerprint density at radius 1 is 1.38 bits per heavy atom. The first-order valence-corrected chi connectivity index (χ1v) is 5.00. The molecule has 2 aliphatic heterocycles. The average molecular weight is 242 g/mol. The van der Waals surface area contributed by atoms with Crippen molar-refractivity contribution in [1.29, 1.82) is 0 Å². The van der Waals surface area contributed by atoms with E-state index in [-0.39, 0.29) is 0 Å². The normalized spacial score (nSPS) is 17.0. The van der Waals surface area contributed by atoms with Crippen molar-refractivity contribution in [3.63, 3.8) is 0 Å². The number of rotatable bonds is 0. The predicted molar refractivity (Wildman–Crippen MR) is 52.5 cm³/mol. The first kappa shape index (κ1) is 7.50. The molecule has 0 saturated carbocycles. The van der Waals surface area contributed by atoms with E-state index in [2.05, 4.69) is 27.3 Å². The van der Waals surface area contributed by atoms with Crippen molar-refractivity contribution in [3.8, 4) is 11.5 Å². The molecule has 1 N–H and O–H groups in total. The van der Waals surface area contributed by atoms with Crippen LogP contribution in [0.5, 0.6) is 11.5 Å². The van der Waals surface area contributed by atoms with Gasteiger partial charge in [0.1, 0.15) is 0 Å². The molecule has 3 rings (SSSR count). The zero-order valence-electron chi connectivity index (χ0n) is 6.89. The number of ether oxygens (including phenoxy) is 2. The zero-order chi connectivity index (χ0) is 8.84. The van der Waals surface area contributed by atoms with Crippen LogP contribution in [0.15, 0.2) is 10.5 Å². The van der Waals surface area contributed by atoms with E-state index in [0.29, 0.717) is 6.79 Å². The molecule has 1 aromatic carbocycles. The molecule has 0 aliphatic carbocycles. The molecule has 0 unspecified atom stereocenters. The van der Waals surface area contributed by atoms with E-state index in [0.717, 1.165) is 34.6 Å². The summed E-state index contributed by atoms with van der Waals surface area (Å²) in [5.41, 5.74) is 2.46. The quantitative estimate of drug-likeness (QED) is 0.756. The Morgan fingerprint density at radius 2 is 2.31 bits per heavy atom. The van der Waals surface area contributed by atoms with Crippen LogP contribution in [0.25, 0.3) is 0 Å². The predicted octanol–water partition coefficient (Wildman–Crippen LogP) is 2.15. The summed E-state index contributed by atoms with van der Waals surface area (Å²) in [4.78, 5) is 0. The van der Waals surface area contributed by atoms with Crippen molar-refractivity contribution in [1.82, 2.24) is 0 Å². The van der Waals surface area contributed by atoms with Gasteiger partial charge >= 0.3 is 0 Å². The van der Waals surface area contributed by atoms with E-state index in [1.807, 2.05) is 0 Å². The summed E-state index contributed by atoms with van der Waals surface area (Å²) in [5.74, 6) is 1.68. The van der Waals surface area contributed by atoms with E-state index >= 15 is 0 Å². The number of fused-ring (bicyclic) bond motifs is 2. The highest BCUT2D eigenvalue weighted by Crippen LogP contribution is 2.46. The van der Waals surface area contributed by atoms with Crippen molar-refractivity contribution in [3.05, 3.63) is 16.1 Å². The molecule has 68 valence electrons. The minimum Gasteiger partial charge on any atom is -0.454 e. The smallest absolute Gasteiger partial charge is 0.231 e. The van der Waals surface area contributed by atoms with Crippen LogP contribution in [0.4, 0.5) is 5.69 Å². The number of benzene rings is 1. The van der Waals surface area contributed by atoms with Gasteiger partial charge in [-0.15, -0.1) is 0 Å². The van der Waals surface area contributed by atoms with Gasteiger partial charge in [0.2, 0.25) is 6.79 Å². The summed E-state index contributed by atoms with van der Waals surface area (Å²) in [6.45, 7) is 1.33. The van der Waals surface area contributed by atoms with Gasteiger partial charge in [-0.1, -0.05) is 0 Å². The topological polar surface area (TPSA) is 30.5 Å². The Hall–Kier alpha value is -0.900. The van der Waals surface area contributed by atoms with E-state index < -0.39 is 0 Å². The second kappa shape index (κ2) is 2.54. The summed E-state index contributed by atoms with van der Waals surface area (Å²) < 4.78 is 11.7. The van der Waals surface area contributed by atoms with Crippen LogP contribution in [-0.4, -0.2) is 13.3 Å². The Balaban J connectivity index is 2.26. The molecule has 0 bridgehead atoms. The van der Waals surface area contributed by atoms with Gasteiger partial charge in [-0.05, 0) is 34.0 Å². The highest BCUT2D eigenvalue weighted by Gasteiger charge is 2.24. The van der Waals surface area contributed by atoms with Crippen LogP contribution < -0.4 is 14.8 Å². The Bertz CT molecular complexity index is 346. The second-order valence-electron chi connectivity index (χ2n) is 3.14. The largest absolute Gasteiger partial charge is 0.454 e. The molecule has 0 aromatic heterocycles. The maximum Gasteiger partial charge on any atom is 0.231 e. The van der Waals surface area contributed by atoms with Crippen LogP contribution in [0.2, 0.25) is 0 Å². The molecule has 3 nitrogen and oxygen atoms in total. The summed E-state index contributed by atoms with van der Waals surface area (Å²) in [5, 5.41) is 3.32. The SMILES string of the molecule is Brc1c2c(cc3c1OCO3)CCN2. The van der Waals surface area contributed by atoms with Crippen molar-refractivity contribution < 1.29 is 9.47 Å². The molecular formula is C9H8BrNO2. The fourth-order valence-electron chi connectivity index (χ4n) is 1.76. The number of anilines is 1. The van der Waals surface area contributed by atoms with Gasteiger partial charge in [0.05, 0.1) is 10.2 Å². The van der Waals surface area contributed by atoms with Gasteiger partial charge in [0.25, 0.3) is 0 Å². The molecule has 0 amide bonds. The fraction of sp³-hybridized carbons (Fsp3) is 0.333. The number of hydrogen-bond acceptors (Lipinski definition) is 3. The maximum atomic E-state index is 5.35. The summed E-state index contributed by atoms with van der Waals surface area (Å²) in [6, 6.07) is 2.06. The van der Waals surface area contributed by atoms with Crippen molar-refractivity contribution in [2.24, 2.45) is 0 Å². The number of nitrogens with one attached hydrogen (secondary N) is 1. The molecule has 4 heteroatoms. The highest BCUT2D eigenvalue weighted by atomic mass is 79.9. The number of halogens is 1. The van der Waals surface area contributed by atoms with E-state index in [1.165, 1.54) is 5.56 Å². The summed E-state index contributed by atoms with van der Waals surface area (Å²) in [6.07, 6.45) is 1.06. The Kier molecular flexibility index (Phi) is 1.47. The summed E-state index contributed by atoms with van der Waals surface area (Å²) in [7, 11) is 0. The minimum atomic E-state index is 0.330. The minimum absolute atomic E-state index is 0.330. The lowest BCUT2D eigenvalue weighted by Crippen LogP contribution is -1.94. The lowest BCUT2D eigenvalue weighted by Gasteiger charge is -2.05. The standard InChI is InChI=1S/C9H8BrNO2/c10-7-8-5(1-2-11-8)3-6-9(7)13-4-12-6/h3,11H,1-2,4H2. The molecule has 0 spiro atoms. The van der Waals surface area contributed by atoms with Crippen molar-refractivity contribution in [2.45, 2.75) is 6.42 Å². The Labute approximate surface area is 84.2 Å². The molecular weight excluding hydrogens is 234 g/mol. The van der Waals surface area contributed by atoms with Gasteiger partial charge in [0, 0.05) is 6.54 Å². The molecule has 0 radical (unpaired) electrons. The lowest BCUT2D eigenvalue weighted by atomic mass is 10.1. The second-order valence-corrected chi connectivity index (χ2v) is 3.93. The molecule has 2 heterocycles. The summed E-state index contributed by atoms with van der Waals surface area (Å²) >= 11 is 3.52. The number of hydrogen-bond donors (Lipinski definition) is 1. The molecule has 0 fully saturated rings. The Morgan fingerprint density at radius 3 is 3.23 bits per heavy atom. The molecule has 0 saturated heterocycles. The van der Waals surface area contributed by atoms with Gasteiger partial charge in [-0.25, -0.2) is 0 Å². The molecule has 2 aliphatic rings. The average Bonchev–Trinajstić information content (AvgIpc) is 2.71. The van der Waals surface area contributed by atoms with Crippen LogP contribution >= 0.6 is 15.9 Å². The fourth-order valence-corrected chi connectivity index (χ4v) is 2.47. The molecule has 1 aromatic rings. The van der Waals surface area contributed by atoms with Gasteiger partial charge in [-0.2, -0.15) is 0 Å². The van der Waals surface area contributed by atoms with E-state index in [1.54, 1.807) is 0 Å². The van der Waals surface area contributed by atoms with Crippen molar-refractivity contribution in [2.75, 3.05) is 18.7 Å². The third kappa shape index (κ3) is 0.950. The third-order valence-corrected chi connectivity index (χ3v) is 3.14. The van der Waals surface area contributed by atoms with E-state index in [4.69, 9.17) is 9.47 Å².